The Labute approximate surface area is 140 Å². The Morgan fingerprint density at radius 1 is 1.39 bits per heavy atom. The van der Waals surface area contributed by atoms with Gasteiger partial charge in [-0.3, -0.25) is 9.80 Å². The third kappa shape index (κ3) is 3.03. The van der Waals surface area contributed by atoms with Crippen LogP contribution in [0.25, 0.3) is 0 Å². The van der Waals surface area contributed by atoms with Gasteiger partial charge in [-0.2, -0.15) is 0 Å². The largest absolute Gasteiger partial charge is 0.380 e. The monoisotopic (exact) mass is 314 g/mol. The van der Waals surface area contributed by atoms with Gasteiger partial charge in [-0.15, -0.1) is 0 Å². The second-order valence-corrected chi connectivity index (χ2v) is 7.04. The fraction of sp³-hybridized carbons (Fsp3) is 0.579. The van der Waals surface area contributed by atoms with Gasteiger partial charge in [-0.25, -0.2) is 0 Å². The van der Waals surface area contributed by atoms with Gasteiger partial charge < -0.3 is 11.1 Å². The third-order valence-electron chi connectivity index (χ3n) is 5.66. The first-order valence-corrected chi connectivity index (χ1v) is 8.74. The van der Waals surface area contributed by atoms with Crippen molar-refractivity contribution in [1.82, 2.24) is 15.1 Å². The van der Waals surface area contributed by atoms with E-state index >= 15 is 0 Å². The highest BCUT2D eigenvalue weighted by Gasteiger charge is 2.45. The van der Waals surface area contributed by atoms with E-state index in [0.717, 1.165) is 6.54 Å². The third-order valence-corrected chi connectivity index (χ3v) is 5.66. The maximum absolute atomic E-state index is 6.54. The molecule has 1 saturated heterocycles. The summed E-state index contributed by atoms with van der Waals surface area (Å²) >= 11 is 0. The lowest BCUT2D eigenvalue weighted by Crippen LogP contribution is -2.52. The number of fused-ring (bicyclic) bond motifs is 1. The SMILES string of the molecule is C=CC1=CC=C(C)NC1CN1C2CC(CC)C=CC2N(C)C1N. The van der Waals surface area contributed by atoms with Gasteiger partial charge in [-0.05, 0) is 44.4 Å². The van der Waals surface area contributed by atoms with Gasteiger partial charge in [-0.1, -0.05) is 37.8 Å². The number of dihydropyridines is 1. The molecule has 3 aliphatic rings. The van der Waals surface area contributed by atoms with Crippen LogP contribution in [-0.2, 0) is 0 Å². The smallest absolute Gasteiger partial charge is 0.115 e. The Morgan fingerprint density at radius 3 is 2.87 bits per heavy atom. The molecular weight excluding hydrogens is 284 g/mol. The zero-order valence-electron chi connectivity index (χ0n) is 14.6. The van der Waals surface area contributed by atoms with Crippen molar-refractivity contribution >= 4 is 0 Å². The molecule has 0 saturated carbocycles. The summed E-state index contributed by atoms with van der Waals surface area (Å²) in [4.78, 5) is 4.78. The molecule has 2 heterocycles. The summed E-state index contributed by atoms with van der Waals surface area (Å²) in [5.41, 5.74) is 8.98. The summed E-state index contributed by atoms with van der Waals surface area (Å²) in [7, 11) is 2.14. The highest BCUT2D eigenvalue weighted by atomic mass is 15.5. The molecular formula is C19H30N4. The zero-order valence-corrected chi connectivity index (χ0v) is 14.6. The number of nitrogens with one attached hydrogen (secondary N) is 1. The van der Waals surface area contributed by atoms with Crippen LogP contribution < -0.4 is 11.1 Å². The molecule has 0 aromatic carbocycles. The van der Waals surface area contributed by atoms with Crippen molar-refractivity contribution in [2.75, 3.05) is 13.6 Å². The maximum Gasteiger partial charge on any atom is 0.115 e. The standard InChI is InChI=1S/C19H30N4/c1-5-14-8-10-17-18(11-14)23(19(20)22(17)4)12-16-15(6-2)9-7-13(3)21-16/h6-10,14,16-19,21H,2,5,11-12,20H2,1,3-4H3. The molecule has 0 aromatic rings. The number of hydrogen-bond donors (Lipinski definition) is 2. The molecule has 1 aliphatic carbocycles. The summed E-state index contributed by atoms with van der Waals surface area (Å²) in [6.45, 7) is 9.26. The average Bonchev–Trinajstić information content (AvgIpc) is 2.79. The van der Waals surface area contributed by atoms with Crippen molar-refractivity contribution in [3.8, 4) is 0 Å². The Morgan fingerprint density at radius 2 is 2.17 bits per heavy atom. The molecule has 0 aromatic heterocycles. The number of hydrogen-bond acceptors (Lipinski definition) is 4. The fourth-order valence-corrected chi connectivity index (χ4v) is 4.13. The van der Waals surface area contributed by atoms with E-state index in [-0.39, 0.29) is 12.3 Å². The van der Waals surface area contributed by atoms with Crippen LogP contribution in [0, 0.1) is 5.92 Å². The van der Waals surface area contributed by atoms with Crippen LogP contribution in [0.5, 0.6) is 0 Å². The molecule has 4 heteroatoms. The van der Waals surface area contributed by atoms with E-state index in [2.05, 4.69) is 66.9 Å². The van der Waals surface area contributed by atoms with Crippen molar-refractivity contribution < 1.29 is 0 Å². The predicted octanol–water partition coefficient (Wildman–Crippen LogP) is 2.19. The summed E-state index contributed by atoms with van der Waals surface area (Å²) in [5, 5.41) is 3.59. The van der Waals surface area contributed by atoms with Crippen molar-refractivity contribution in [1.29, 1.82) is 0 Å². The molecule has 5 unspecified atom stereocenters. The minimum Gasteiger partial charge on any atom is -0.380 e. The van der Waals surface area contributed by atoms with Gasteiger partial charge in [0.1, 0.15) is 6.29 Å². The van der Waals surface area contributed by atoms with E-state index in [9.17, 15) is 0 Å². The second kappa shape index (κ2) is 6.63. The van der Waals surface area contributed by atoms with Crippen LogP contribution >= 0.6 is 0 Å². The molecule has 0 spiro atoms. The van der Waals surface area contributed by atoms with Gasteiger partial charge >= 0.3 is 0 Å². The fourth-order valence-electron chi connectivity index (χ4n) is 4.13. The number of nitrogens with zero attached hydrogens (tertiary/aromatic N) is 2. The summed E-state index contributed by atoms with van der Waals surface area (Å²) in [6.07, 6.45) is 13.4. The Bertz CT molecular complexity index is 548. The number of nitrogens with two attached hydrogens (primary N) is 1. The minimum absolute atomic E-state index is 0.0238. The number of rotatable bonds is 4. The summed E-state index contributed by atoms with van der Waals surface area (Å²) < 4.78 is 0. The molecule has 0 bridgehead atoms. The lowest BCUT2D eigenvalue weighted by molar-refractivity contribution is 0.127. The van der Waals surface area contributed by atoms with E-state index in [1.54, 1.807) is 0 Å². The van der Waals surface area contributed by atoms with Crippen molar-refractivity contribution in [2.24, 2.45) is 11.7 Å². The first-order valence-electron chi connectivity index (χ1n) is 8.74. The number of likely N-dealkylation sites (N-methyl/N-ethyl adjacent to an activating group) is 1. The lowest BCUT2D eigenvalue weighted by atomic mass is 9.86. The van der Waals surface area contributed by atoms with Crippen LogP contribution in [0.1, 0.15) is 26.7 Å². The molecule has 3 N–H and O–H groups in total. The predicted molar refractivity (Wildman–Crippen MR) is 96.5 cm³/mol. The van der Waals surface area contributed by atoms with Gasteiger partial charge in [0.05, 0.1) is 6.04 Å². The van der Waals surface area contributed by atoms with E-state index in [1.807, 2.05) is 6.08 Å². The average molecular weight is 314 g/mol. The Balaban J connectivity index is 1.79. The molecule has 0 amide bonds. The van der Waals surface area contributed by atoms with E-state index in [4.69, 9.17) is 5.73 Å². The van der Waals surface area contributed by atoms with Crippen molar-refractivity contribution in [3.05, 3.63) is 48.2 Å². The molecule has 3 rings (SSSR count). The molecule has 23 heavy (non-hydrogen) atoms. The van der Waals surface area contributed by atoms with E-state index in [0.29, 0.717) is 18.0 Å². The van der Waals surface area contributed by atoms with Crippen LogP contribution in [0.2, 0.25) is 0 Å². The van der Waals surface area contributed by atoms with Gasteiger partial charge in [0.15, 0.2) is 0 Å². The van der Waals surface area contributed by atoms with Crippen LogP contribution in [-0.4, -0.2) is 47.8 Å². The normalized spacial score (nSPS) is 37.8. The zero-order chi connectivity index (χ0) is 16.6. The molecule has 126 valence electrons. The Kier molecular flexibility index (Phi) is 4.76. The van der Waals surface area contributed by atoms with Crippen LogP contribution in [0.4, 0.5) is 0 Å². The minimum atomic E-state index is -0.0238. The quantitative estimate of drug-likeness (QED) is 0.781. The molecule has 0 radical (unpaired) electrons. The second-order valence-electron chi connectivity index (χ2n) is 7.04. The molecule has 1 fully saturated rings. The van der Waals surface area contributed by atoms with Crippen molar-refractivity contribution in [2.45, 2.75) is 51.1 Å². The van der Waals surface area contributed by atoms with Gasteiger partial charge in [0.2, 0.25) is 0 Å². The van der Waals surface area contributed by atoms with Gasteiger partial charge in [0.25, 0.3) is 0 Å². The van der Waals surface area contributed by atoms with Gasteiger partial charge in [0, 0.05) is 24.3 Å². The Hall–Kier alpha value is -1.36. The first-order chi connectivity index (χ1) is 11.0. The summed E-state index contributed by atoms with van der Waals surface area (Å²) in [5.74, 6) is 0.674. The molecule has 5 atom stereocenters. The summed E-state index contributed by atoms with van der Waals surface area (Å²) in [6, 6.07) is 1.20. The highest BCUT2D eigenvalue weighted by Crippen LogP contribution is 2.34. The van der Waals surface area contributed by atoms with E-state index < -0.39 is 0 Å². The van der Waals surface area contributed by atoms with Crippen LogP contribution in [0.3, 0.4) is 0 Å². The first kappa shape index (κ1) is 16.5. The number of allylic oxidation sites excluding steroid dienone is 4. The maximum atomic E-state index is 6.54. The molecule has 4 nitrogen and oxygen atoms in total. The topological polar surface area (TPSA) is 44.5 Å². The van der Waals surface area contributed by atoms with E-state index in [1.165, 1.54) is 24.1 Å². The lowest BCUT2D eigenvalue weighted by Gasteiger charge is -2.36. The van der Waals surface area contributed by atoms with Crippen molar-refractivity contribution in [3.63, 3.8) is 0 Å². The van der Waals surface area contributed by atoms with Crippen LogP contribution in [0.15, 0.2) is 48.2 Å². The molecule has 2 aliphatic heterocycles. The highest BCUT2D eigenvalue weighted by molar-refractivity contribution is 5.34.